The van der Waals surface area contributed by atoms with Crippen LogP contribution in [0.4, 0.5) is 5.69 Å². The number of rotatable bonds is 3. The lowest BCUT2D eigenvalue weighted by Gasteiger charge is -2.29. The van der Waals surface area contributed by atoms with E-state index in [2.05, 4.69) is 119 Å². The first-order valence-corrected chi connectivity index (χ1v) is 10.0. The van der Waals surface area contributed by atoms with Crippen LogP contribution in [0.2, 0.25) is 0 Å². The Morgan fingerprint density at radius 3 is 1.68 bits per heavy atom. The predicted octanol–water partition coefficient (Wildman–Crippen LogP) is 7.64. The highest BCUT2D eigenvalue weighted by atomic mass is 15.0. The van der Waals surface area contributed by atoms with Gasteiger partial charge >= 0.3 is 0 Å². The predicted molar refractivity (Wildman–Crippen MR) is 123 cm³/mol. The molecule has 0 spiro atoms. The van der Waals surface area contributed by atoms with Crippen molar-refractivity contribution < 1.29 is 0 Å². The van der Waals surface area contributed by atoms with Crippen molar-refractivity contribution in [1.29, 1.82) is 0 Å². The van der Waals surface area contributed by atoms with Crippen molar-refractivity contribution in [2.24, 2.45) is 0 Å². The van der Waals surface area contributed by atoms with E-state index in [0.717, 1.165) is 5.69 Å². The van der Waals surface area contributed by atoms with Crippen molar-refractivity contribution >= 4 is 27.2 Å². The summed E-state index contributed by atoms with van der Waals surface area (Å²) in [5, 5.41) is 8.84. The Hall–Kier alpha value is -2.80. The fourth-order valence-corrected chi connectivity index (χ4v) is 3.84. The highest BCUT2D eigenvalue weighted by Gasteiger charge is 2.21. The Labute approximate surface area is 168 Å². The summed E-state index contributed by atoms with van der Waals surface area (Å²) in [4.78, 5) is 0. The first-order chi connectivity index (χ1) is 13.2. The third-order valence-corrected chi connectivity index (χ3v) is 5.63. The van der Waals surface area contributed by atoms with Gasteiger partial charge in [0.25, 0.3) is 0 Å². The Kier molecular flexibility index (Phi) is 4.42. The average Bonchev–Trinajstić information content (AvgIpc) is 2.65. The van der Waals surface area contributed by atoms with Gasteiger partial charge < -0.3 is 5.32 Å². The molecule has 1 heteroatoms. The van der Waals surface area contributed by atoms with Gasteiger partial charge in [-0.25, -0.2) is 0 Å². The summed E-state index contributed by atoms with van der Waals surface area (Å²) < 4.78 is 0. The van der Waals surface area contributed by atoms with Gasteiger partial charge in [-0.3, -0.25) is 0 Å². The third kappa shape index (κ3) is 3.62. The zero-order valence-corrected chi connectivity index (χ0v) is 17.5. The van der Waals surface area contributed by atoms with Crippen molar-refractivity contribution in [2.45, 2.75) is 45.6 Å². The zero-order valence-electron chi connectivity index (χ0n) is 17.5. The van der Waals surface area contributed by atoms with E-state index in [0.29, 0.717) is 0 Å². The van der Waals surface area contributed by atoms with Gasteiger partial charge in [0, 0.05) is 5.69 Å². The fourth-order valence-electron chi connectivity index (χ4n) is 3.84. The van der Waals surface area contributed by atoms with Gasteiger partial charge in [-0.15, -0.1) is 0 Å². The van der Waals surface area contributed by atoms with Crippen LogP contribution in [0.3, 0.4) is 0 Å². The zero-order chi connectivity index (χ0) is 19.9. The number of nitrogens with one attached hydrogen (secondary N) is 1. The summed E-state index contributed by atoms with van der Waals surface area (Å²) in [7, 11) is 0. The first-order valence-electron chi connectivity index (χ1n) is 10.0. The lowest BCUT2D eigenvalue weighted by Crippen LogP contribution is -2.28. The van der Waals surface area contributed by atoms with E-state index < -0.39 is 0 Å². The summed E-state index contributed by atoms with van der Waals surface area (Å²) in [5.74, 6) is 0. The van der Waals surface area contributed by atoms with Crippen LogP contribution < -0.4 is 5.32 Å². The van der Waals surface area contributed by atoms with Crippen LogP contribution in [0.1, 0.15) is 45.7 Å². The van der Waals surface area contributed by atoms with Crippen molar-refractivity contribution in [3.8, 4) is 0 Å². The second kappa shape index (κ2) is 6.67. The van der Waals surface area contributed by atoms with Crippen molar-refractivity contribution in [3.05, 3.63) is 90.0 Å². The molecule has 0 saturated heterocycles. The second-order valence-electron chi connectivity index (χ2n) is 9.34. The minimum atomic E-state index is -0.152. The van der Waals surface area contributed by atoms with Gasteiger partial charge in [0.2, 0.25) is 0 Å². The maximum absolute atomic E-state index is 3.73. The molecule has 1 nitrogen and oxygen atoms in total. The summed E-state index contributed by atoms with van der Waals surface area (Å²) >= 11 is 0. The molecule has 0 unspecified atom stereocenters. The molecule has 0 fully saturated rings. The molecule has 142 valence electrons. The molecule has 4 aromatic rings. The first kappa shape index (κ1) is 18.6. The maximum atomic E-state index is 3.73. The van der Waals surface area contributed by atoms with E-state index >= 15 is 0 Å². The summed E-state index contributed by atoms with van der Waals surface area (Å²) in [6.45, 7) is 11.2. The van der Waals surface area contributed by atoms with E-state index in [1.807, 2.05) is 0 Å². The quantitative estimate of drug-likeness (QED) is 0.367. The van der Waals surface area contributed by atoms with Crippen LogP contribution in [0.15, 0.2) is 78.9 Å². The Morgan fingerprint density at radius 2 is 1.07 bits per heavy atom. The Balaban J connectivity index is 1.65. The van der Waals surface area contributed by atoms with Crippen LogP contribution in [0, 0.1) is 0 Å². The van der Waals surface area contributed by atoms with Crippen LogP contribution in [0.25, 0.3) is 21.5 Å². The number of hydrogen-bond donors (Lipinski definition) is 1. The van der Waals surface area contributed by atoms with E-state index in [-0.39, 0.29) is 11.0 Å². The molecule has 0 radical (unpaired) electrons. The third-order valence-electron chi connectivity index (χ3n) is 5.63. The molecule has 0 heterocycles. The molecule has 0 amide bonds. The highest BCUT2D eigenvalue weighted by molar-refractivity contribution is 5.99. The largest absolute Gasteiger partial charge is 0.376 e. The average molecular weight is 368 g/mol. The van der Waals surface area contributed by atoms with E-state index in [9.17, 15) is 0 Å². The van der Waals surface area contributed by atoms with Gasteiger partial charge in [-0.2, -0.15) is 0 Å². The molecule has 4 aromatic carbocycles. The topological polar surface area (TPSA) is 12.0 Å². The molecule has 0 aliphatic rings. The van der Waals surface area contributed by atoms with Crippen molar-refractivity contribution in [3.63, 3.8) is 0 Å². The highest BCUT2D eigenvalue weighted by Crippen LogP contribution is 2.31. The smallest absolute Gasteiger partial charge is 0.0569 e. The molecule has 0 atom stereocenters. The molecule has 0 aromatic heterocycles. The van der Waals surface area contributed by atoms with Gasteiger partial charge in [-0.05, 0) is 76.2 Å². The number of fused-ring (bicyclic) bond motifs is 2. The molecule has 0 aliphatic carbocycles. The molecule has 0 saturated carbocycles. The fraction of sp³-hybridized carbons (Fsp3) is 0.259. The monoisotopic (exact) mass is 367 g/mol. The van der Waals surface area contributed by atoms with Gasteiger partial charge in [0.05, 0.1) is 5.54 Å². The van der Waals surface area contributed by atoms with Crippen LogP contribution in [-0.4, -0.2) is 0 Å². The minimum absolute atomic E-state index is 0.152. The molecular formula is C27H29N. The lowest BCUT2D eigenvalue weighted by molar-refractivity contribution is 0.583. The van der Waals surface area contributed by atoms with E-state index in [4.69, 9.17) is 0 Å². The van der Waals surface area contributed by atoms with Gasteiger partial charge in [-0.1, -0.05) is 75.4 Å². The van der Waals surface area contributed by atoms with Crippen LogP contribution >= 0.6 is 0 Å². The van der Waals surface area contributed by atoms with E-state index in [1.165, 1.54) is 32.7 Å². The summed E-state index contributed by atoms with van der Waals surface area (Å²) in [6, 6.07) is 28.8. The standard InChI is InChI=1S/C27H29N/c1-26(2,3)23-11-13-24(14-12-23)27(4,5)28-25-15-10-21-16-19-8-6-7-9-20(19)17-22(21)18-25/h6-18,28H,1-5H3. The lowest BCUT2D eigenvalue weighted by atomic mass is 9.84. The number of hydrogen-bond acceptors (Lipinski definition) is 1. The number of benzene rings is 4. The summed E-state index contributed by atoms with van der Waals surface area (Å²) in [5.41, 5.74) is 3.83. The Bertz CT molecular complexity index is 1130. The summed E-state index contributed by atoms with van der Waals surface area (Å²) in [6.07, 6.45) is 0. The normalized spacial score (nSPS) is 12.5. The van der Waals surface area contributed by atoms with Crippen molar-refractivity contribution in [2.75, 3.05) is 5.32 Å². The molecule has 0 bridgehead atoms. The van der Waals surface area contributed by atoms with Gasteiger partial charge in [0.1, 0.15) is 0 Å². The molecular weight excluding hydrogens is 338 g/mol. The SMILES string of the molecule is CC(C)(C)c1ccc(C(C)(C)Nc2ccc3cc4ccccc4cc3c2)cc1. The molecule has 0 aliphatic heterocycles. The minimum Gasteiger partial charge on any atom is -0.376 e. The molecule has 1 N–H and O–H groups in total. The van der Waals surface area contributed by atoms with Crippen LogP contribution in [-0.2, 0) is 11.0 Å². The Morgan fingerprint density at radius 1 is 0.536 bits per heavy atom. The molecule has 28 heavy (non-hydrogen) atoms. The van der Waals surface area contributed by atoms with E-state index in [1.54, 1.807) is 0 Å². The van der Waals surface area contributed by atoms with Crippen LogP contribution in [0.5, 0.6) is 0 Å². The van der Waals surface area contributed by atoms with Crippen molar-refractivity contribution in [1.82, 2.24) is 0 Å². The molecule has 4 rings (SSSR count). The second-order valence-corrected chi connectivity index (χ2v) is 9.34. The number of anilines is 1. The van der Waals surface area contributed by atoms with Gasteiger partial charge in [0.15, 0.2) is 0 Å². The maximum Gasteiger partial charge on any atom is 0.0569 e.